The number of aromatic nitrogens is 2. The number of imidazole rings is 1. The van der Waals surface area contributed by atoms with E-state index in [1.165, 1.54) is 128 Å². The summed E-state index contributed by atoms with van der Waals surface area (Å²) in [6.45, 7) is 10.1. The van der Waals surface area contributed by atoms with Crippen molar-refractivity contribution in [3.05, 3.63) is 101 Å². The number of hydrogen-bond acceptors (Lipinski definition) is 10. The number of benzene rings is 2. The van der Waals surface area contributed by atoms with E-state index >= 15 is 0 Å². The lowest BCUT2D eigenvalue weighted by molar-refractivity contribution is -0.189. The molecule has 1 amide bonds. The van der Waals surface area contributed by atoms with E-state index in [-0.39, 0.29) is 30.7 Å². The molecule has 2 aromatic carbocycles. The Bertz CT molecular complexity index is 2030. The topological polar surface area (TPSA) is 122 Å². The average molecular weight is 1110 g/mol. The van der Waals surface area contributed by atoms with E-state index in [0.29, 0.717) is 48.2 Å². The lowest BCUT2D eigenvalue weighted by Crippen LogP contribution is -2.48. The van der Waals surface area contributed by atoms with E-state index in [0.717, 1.165) is 76.1 Å². The smallest absolute Gasteiger partial charge is 0.308 e. The van der Waals surface area contributed by atoms with Crippen LogP contribution in [0.15, 0.2) is 85.5 Å². The van der Waals surface area contributed by atoms with Crippen molar-refractivity contribution in [2.45, 2.75) is 219 Å². The normalized spacial score (nSPS) is 16.5. The van der Waals surface area contributed by atoms with Gasteiger partial charge < -0.3 is 38.1 Å². The molecule has 14 heteroatoms. The minimum atomic E-state index is -1.08. The molecule has 3 aromatic rings. The summed E-state index contributed by atoms with van der Waals surface area (Å²) in [6.07, 6.45) is 47.3. The zero-order valence-electron chi connectivity index (χ0n) is 47.4. The molecule has 2 aliphatic rings. The Morgan fingerprint density at radius 2 is 1.17 bits per heavy atom. The SMILES string of the molecule is CC(=O)N1CCN(c2ccc(OC[C@H]3CO[C@](Cn4ccnc4)(c4ccc(Cl)cc4Cl)O3)cc2)CC1.CCCCCCCC/C=C\CCCCCCCC(=O)OCOC(=O)CCCCCCC/C=C\CCCCCCCC. The molecule has 0 unspecified atom stereocenters. The maximum atomic E-state index is 11.8. The molecule has 2 saturated heterocycles. The summed E-state index contributed by atoms with van der Waals surface area (Å²) < 4.78 is 30.7. The number of piperazine rings is 1. The van der Waals surface area contributed by atoms with Gasteiger partial charge in [0.15, 0.2) is 0 Å². The van der Waals surface area contributed by atoms with Crippen molar-refractivity contribution in [2.75, 3.05) is 51.1 Å². The van der Waals surface area contributed by atoms with Crippen molar-refractivity contribution < 1.29 is 38.1 Å². The molecule has 430 valence electrons. The molecular formula is C63H96Cl2N4O8. The standard InChI is InChI=1S/C37H68O4.C26H28Cl2N4O4/c1-3-5-7-9-11-13-15-17-19-21-23-25-27-29-31-33-36(38)40-35-41-37(39)34-32-30-28-26-24-22-20-18-16-14-12-10-8-6-4-2;1-19(33)31-10-12-32(13-11-31)21-3-5-22(6-4-21)34-15-23-16-35-26(36-23,17-30-9-8-29-18-30)24-7-2-20(27)14-25(24)28/h17-20H,3-16,21-35H2,1-2H3;2-9,14,18,23H,10-13,15-17H2,1H3/b19-17-,20-18-;/t;23-,26-/m.0/s1. The number of ether oxygens (including phenoxy) is 5. The van der Waals surface area contributed by atoms with Gasteiger partial charge in [-0.1, -0.05) is 170 Å². The second-order valence-corrected chi connectivity index (χ2v) is 21.6. The van der Waals surface area contributed by atoms with Crippen molar-refractivity contribution in [2.24, 2.45) is 0 Å². The van der Waals surface area contributed by atoms with Crippen LogP contribution in [0.2, 0.25) is 10.0 Å². The summed E-state index contributed by atoms with van der Waals surface area (Å²) in [4.78, 5) is 43.5. The second kappa shape index (κ2) is 40.8. The fourth-order valence-electron chi connectivity index (χ4n) is 9.58. The van der Waals surface area contributed by atoms with Crippen LogP contribution in [0.25, 0.3) is 0 Å². The van der Waals surface area contributed by atoms with Crippen LogP contribution in [0.1, 0.15) is 206 Å². The number of halogens is 2. The van der Waals surface area contributed by atoms with E-state index in [1.54, 1.807) is 31.6 Å². The summed E-state index contributed by atoms with van der Waals surface area (Å²) in [7, 11) is 0. The largest absolute Gasteiger partial charge is 0.491 e. The summed E-state index contributed by atoms with van der Waals surface area (Å²) >= 11 is 12.7. The van der Waals surface area contributed by atoms with Crippen molar-refractivity contribution in [1.29, 1.82) is 0 Å². The number of amides is 1. The quantitative estimate of drug-likeness (QED) is 0.0236. The Morgan fingerprint density at radius 3 is 1.65 bits per heavy atom. The minimum Gasteiger partial charge on any atom is -0.491 e. The van der Waals surface area contributed by atoms with Gasteiger partial charge in [0, 0.05) is 74.6 Å². The molecule has 2 atom stereocenters. The second-order valence-electron chi connectivity index (χ2n) is 20.8. The summed E-state index contributed by atoms with van der Waals surface area (Å²) in [5.74, 6) is -0.736. The number of unbranched alkanes of at least 4 members (excludes halogenated alkanes) is 22. The highest BCUT2D eigenvalue weighted by atomic mass is 35.5. The van der Waals surface area contributed by atoms with Gasteiger partial charge in [-0.3, -0.25) is 14.4 Å². The molecule has 0 radical (unpaired) electrons. The number of allylic oxidation sites excluding steroid dienone is 4. The molecule has 2 aliphatic heterocycles. The van der Waals surface area contributed by atoms with Crippen LogP contribution in [0.5, 0.6) is 5.75 Å². The number of anilines is 1. The summed E-state index contributed by atoms with van der Waals surface area (Å²) in [5.41, 5.74) is 1.82. The number of carbonyl (C=O) groups excluding carboxylic acids is 3. The van der Waals surface area contributed by atoms with Crippen LogP contribution >= 0.6 is 23.2 Å². The van der Waals surface area contributed by atoms with Gasteiger partial charge in [0.2, 0.25) is 18.5 Å². The Morgan fingerprint density at radius 1 is 0.662 bits per heavy atom. The van der Waals surface area contributed by atoms with Crippen LogP contribution < -0.4 is 9.64 Å². The fourth-order valence-corrected chi connectivity index (χ4v) is 10.1. The average Bonchev–Trinajstić information content (AvgIpc) is 4.11. The van der Waals surface area contributed by atoms with Gasteiger partial charge in [-0.2, -0.15) is 0 Å². The van der Waals surface area contributed by atoms with Gasteiger partial charge in [-0.15, -0.1) is 0 Å². The highest BCUT2D eigenvalue weighted by Gasteiger charge is 2.45. The molecule has 77 heavy (non-hydrogen) atoms. The predicted molar refractivity (Wildman–Crippen MR) is 314 cm³/mol. The minimum absolute atomic E-state index is 0.129. The van der Waals surface area contributed by atoms with Gasteiger partial charge in [-0.25, -0.2) is 4.98 Å². The molecule has 0 bridgehead atoms. The third-order valence-corrected chi connectivity index (χ3v) is 14.8. The molecule has 0 saturated carbocycles. The van der Waals surface area contributed by atoms with Crippen LogP contribution in [-0.2, 0) is 45.7 Å². The number of rotatable bonds is 39. The Kier molecular flexibility index (Phi) is 34.5. The molecule has 1 aromatic heterocycles. The van der Waals surface area contributed by atoms with E-state index in [2.05, 4.69) is 48.0 Å². The molecule has 12 nitrogen and oxygen atoms in total. The van der Waals surface area contributed by atoms with Crippen LogP contribution in [0, 0.1) is 0 Å². The first kappa shape index (κ1) is 65.2. The van der Waals surface area contributed by atoms with Gasteiger partial charge >= 0.3 is 11.9 Å². The summed E-state index contributed by atoms with van der Waals surface area (Å²) in [6, 6.07) is 13.3. The fraction of sp³-hybridized carbons (Fsp3) is 0.651. The Balaban J connectivity index is 0.000000334. The third kappa shape index (κ3) is 28.4. The van der Waals surface area contributed by atoms with Crippen LogP contribution in [0.4, 0.5) is 5.69 Å². The van der Waals surface area contributed by atoms with E-state index in [1.807, 2.05) is 46.0 Å². The molecule has 2 fully saturated rings. The lowest BCUT2D eigenvalue weighted by Gasteiger charge is -2.35. The van der Waals surface area contributed by atoms with E-state index < -0.39 is 5.79 Å². The number of nitrogens with zero attached hydrogens (tertiary/aromatic N) is 4. The maximum absolute atomic E-state index is 11.8. The van der Waals surface area contributed by atoms with Gasteiger partial charge in [0.05, 0.1) is 24.5 Å². The number of esters is 2. The van der Waals surface area contributed by atoms with Crippen LogP contribution in [0.3, 0.4) is 0 Å². The maximum Gasteiger partial charge on any atom is 0.308 e. The third-order valence-electron chi connectivity index (χ3n) is 14.2. The van der Waals surface area contributed by atoms with Gasteiger partial charge in [0.25, 0.3) is 0 Å². The highest BCUT2D eigenvalue weighted by Crippen LogP contribution is 2.41. The first-order valence-corrected chi connectivity index (χ1v) is 30.5. The Hall–Kier alpha value is -4.36. The number of carbonyl (C=O) groups is 3. The highest BCUT2D eigenvalue weighted by molar-refractivity contribution is 6.35. The molecule has 0 N–H and O–H groups in total. The molecule has 3 heterocycles. The lowest BCUT2D eigenvalue weighted by atomic mass is 10.1. The summed E-state index contributed by atoms with van der Waals surface area (Å²) in [5, 5.41) is 1.02. The first-order chi connectivity index (χ1) is 37.6. The molecule has 0 spiro atoms. The zero-order chi connectivity index (χ0) is 55.0. The van der Waals surface area contributed by atoms with Crippen molar-refractivity contribution >= 4 is 46.7 Å². The van der Waals surface area contributed by atoms with Gasteiger partial charge in [0.1, 0.15) is 18.5 Å². The first-order valence-electron chi connectivity index (χ1n) is 29.7. The monoisotopic (exact) mass is 1110 g/mol. The predicted octanol–water partition coefficient (Wildman–Crippen LogP) is 16.3. The molecule has 5 rings (SSSR count). The van der Waals surface area contributed by atoms with E-state index in [9.17, 15) is 14.4 Å². The van der Waals surface area contributed by atoms with E-state index in [4.69, 9.17) is 46.9 Å². The number of hydrogen-bond donors (Lipinski definition) is 0. The molecule has 0 aliphatic carbocycles. The van der Waals surface area contributed by atoms with Crippen molar-refractivity contribution in [3.8, 4) is 5.75 Å². The van der Waals surface area contributed by atoms with Crippen LogP contribution in [-0.4, -0.2) is 84.6 Å². The zero-order valence-corrected chi connectivity index (χ0v) is 48.9. The Labute approximate surface area is 473 Å². The molecular weight excluding hydrogens is 1010 g/mol. The van der Waals surface area contributed by atoms with Gasteiger partial charge in [-0.05, 0) is 101 Å². The van der Waals surface area contributed by atoms with Crippen molar-refractivity contribution in [1.82, 2.24) is 14.5 Å². The van der Waals surface area contributed by atoms with Crippen molar-refractivity contribution in [3.63, 3.8) is 0 Å².